The molecule has 0 fully saturated rings. The van der Waals surface area contributed by atoms with Gasteiger partial charge < -0.3 is 20.7 Å². The van der Waals surface area contributed by atoms with Crippen molar-refractivity contribution in [3.63, 3.8) is 0 Å². The molecular formula is C12H20N4O2. The van der Waals surface area contributed by atoms with Crippen LogP contribution in [0, 0.1) is 0 Å². The lowest BCUT2D eigenvalue weighted by Gasteiger charge is -2.16. The molecule has 0 bridgehead atoms. The molecule has 0 unspecified atom stereocenters. The van der Waals surface area contributed by atoms with Crippen LogP contribution in [0.25, 0.3) is 0 Å². The quantitative estimate of drug-likeness (QED) is 0.689. The zero-order chi connectivity index (χ0) is 13.4. The SMILES string of the molecule is COCCN(C)CCNc1ccnc(C(N)=O)c1. The number of methoxy groups -OCH3 is 1. The molecule has 1 heterocycles. The summed E-state index contributed by atoms with van der Waals surface area (Å²) in [6.07, 6.45) is 1.57. The second kappa shape index (κ2) is 7.62. The van der Waals surface area contributed by atoms with Gasteiger partial charge in [0.05, 0.1) is 6.61 Å². The Morgan fingerprint density at radius 3 is 3.00 bits per heavy atom. The third-order valence-electron chi connectivity index (χ3n) is 2.51. The minimum Gasteiger partial charge on any atom is -0.384 e. The van der Waals surface area contributed by atoms with Crippen LogP contribution in [0.5, 0.6) is 0 Å². The summed E-state index contributed by atoms with van der Waals surface area (Å²) in [5, 5.41) is 3.22. The lowest BCUT2D eigenvalue weighted by Crippen LogP contribution is -2.28. The zero-order valence-electron chi connectivity index (χ0n) is 10.8. The van der Waals surface area contributed by atoms with Crippen molar-refractivity contribution in [2.75, 3.05) is 45.7 Å². The number of hydrogen-bond donors (Lipinski definition) is 2. The Bertz CT molecular complexity index is 384. The molecule has 0 saturated heterocycles. The monoisotopic (exact) mass is 252 g/mol. The van der Waals surface area contributed by atoms with Crippen molar-refractivity contribution in [3.05, 3.63) is 24.0 Å². The van der Waals surface area contributed by atoms with E-state index < -0.39 is 5.91 Å². The van der Waals surface area contributed by atoms with Crippen LogP contribution in [-0.2, 0) is 4.74 Å². The Balaban J connectivity index is 2.35. The second-order valence-electron chi connectivity index (χ2n) is 4.02. The summed E-state index contributed by atoms with van der Waals surface area (Å²) in [4.78, 5) is 17.0. The number of nitrogens with two attached hydrogens (primary N) is 1. The van der Waals surface area contributed by atoms with E-state index in [1.807, 2.05) is 13.1 Å². The number of ether oxygens (including phenoxy) is 1. The maximum absolute atomic E-state index is 11.0. The fourth-order valence-electron chi connectivity index (χ4n) is 1.43. The highest BCUT2D eigenvalue weighted by molar-refractivity contribution is 5.91. The van der Waals surface area contributed by atoms with Crippen LogP contribution in [0.15, 0.2) is 18.3 Å². The van der Waals surface area contributed by atoms with Gasteiger partial charge in [0.1, 0.15) is 5.69 Å². The average Bonchev–Trinajstić information content (AvgIpc) is 2.36. The predicted octanol–water partition coefficient (Wildman–Crippen LogP) is 0.171. The number of likely N-dealkylation sites (N-methyl/N-ethyl adjacent to an activating group) is 1. The molecule has 1 aromatic heterocycles. The van der Waals surface area contributed by atoms with E-state index in [-0.39, 0.29) is 5.69 Å². The molecule has 18 heavy (non-hydrogen) atoms. The molecule has 6 nitrogen and oxygen atoms in total. The minimum absolute atomic E-state index is 0.271. The van der Waals surface area contributed by atoms with Crippen molar-refractivity contribution in [3.8, 4) is 0 Å². The first kappa shape index (κ1) is 14.4. The second-order valence-corrected chi connectivity index (χ2v) is 4.02. The molecule has 1 amide bonds. The molecule has 0 spiro atoms. The number of primary amides is 1. The summed E-state index contributed by atoms with van der Waals surface area (Å²) in [6, 6.07) is 3.46. The highest BCUT2D eigenvalue weighted by Gasteiger charge is 2.03. The third kappa shape index (κ3) is 5.11. The van der Waals surface area contributed by atoms with E-state index in [9.17, 15) is 4.79 Å². The van der Waals surface area contributed by atoms with Gasteiger partial charge in [-0.1, -0.05) is 0 Å². The lowest BCUT2D eigenvalue weighted by atomic mass is 10.3. The Hall–Kier alpha value is -1.66. The minimum atomic E-state index is -0.518. The van der Waals surface area contributed by atoms with Crippen molar-refractivity contribution < 1.29 is 9.53 Å². The van der Waals surface area contributed by atoms with Crippen LogP contribution in [0.3, 0.4) is 0 Å². The maximum Gasteiger partial charge on any atom is 0.267 e. The van der Waals surface area contributed by atoms with Crippen LogP contribution in [0.1, 0.15) is 10.5 Å². The molecule has 0 aliphatic rings. The van der Waals surface area contributed by atoms with E-state index >= 15 is 0 Å². The van der Waals surface area contributed by atoms with Crippen LogP contribution in [0.4, 0.5) is 5.69 Å². The van der Waals surface area contributed by atoms with Gasteiger partial charge in [0, 0.05) is 38.6 Å². The first-order chi connectivity index (χ1) is 8.63. The van der Waals surface area contributed by atoms with Gasteiger partial charge in [-0.15, -0.1) is 0 Å². The summed E-state index contributed by atoms with van der Waals surface area (Å²) >= 11 is 0. The van der Waals surface area contributed by atoms with Gasteiger partial charge >= 0.3 is 0 Å². The highest BCUT2D eigenvalue weighted by Crippen LogP contribution is 2.06. The molecule has 1 rings (SSSR count). The molecule has 3 N–H and O–H groups in total. The van der Waals surface area contributed by atoms with Crippen molar-refractivity contribution in [2.24, 2.45) is 5.73 Å². The van der Waals surface area contributed by atoms with Crippen molar-refractivity contribution in [1.82, 2.24) is 9.88 Å². The number of rotatable bonds is 8. The van der Waals surface area contributed by atoms with Gasteiger partial charge in [-0.2, -0.15) is 0 Å². The number of amides is 1. The Labute approximate surface area is 107 Å². The zero-order valence-corrected chi connectivity index (χ0v) is 10.8. The molecule has 1 aromatic rings. The molecule has 0 radical (unpaired) electrons. The van der Waals surface area contributed by atoms with E-state index in [4.69, 9.17) is 10.5 Å². The fourth-order valence-corrected chi connectivity index (χ4v) is 1.43. The molecule has 6 heteroatoms. The number of nitrogens with zero attached hydrogens (tertiary/aromatic N) is 2. The van der Waals surface area contributed by atoms with Gasteiger partial charge in [0.15, 0.2) is 0 Å². The van der Waals surface area contributed by atoms with E-state index in [1.165, 1.54) is 0 Å². The number of anilines is 1. The molecule has 0 aromatic carbocycles. The van der Waals surface area contributed by atoms with Crippen molar-refractivity contribution >= 4 is 11.6 Å². The van der Waals surface area contributed by atoms with E-state index in [1.54, 1.807) is 19.4 Å². The first-order valence-electron chi connectivity index (χ1n) is 5.80. The molecule has 0 aliphatic heterocycles. The van der Waals surface area contributed by atoms with E-state index in [0.29, 0.717) is 0 Å². The van der Waals surface area contributed by atoms with Gasteiger partial charge in [0.25, 0.3) is 5.91 Å². The normalized spacial score (nSPS) is 10.6. The summed E-state index contributed by atoms with van der Waals surface area (Å²) in [5.74, 6) is -0.518. The summed E-state index contributed by atoms with van der Waals surface area (Å²) < 4.78 is 5.00. The number of pyridine rings is 1. The molecule has 0 saturated carbocycles. The van der Waals surface area contributed by atoms with Crippen molar-refractivity contribution in [1.29, 1.82) is 0 Å². The Kier molecular flexibility index (Phi) is 6.10. The summed E-state index contributed by atoms with van der Waals surface area (Å²) in [5.41, 5.74) is 6.28. The van der Waals surface area contributed by atoms with Crippen LogP contribution in [-0.4, -0.2) is 56.2 Å². The number of carbonyl (C=O) groups is 1. The molecule has 0 aliphatic carbocycles. The van der Waals surface area contributed by atoms with Gasteiger partial charge in [0.2, 0.25) is 0 Å². The molecular weight excluding hydrogens is 232 g/mol. The standard InChI is InChI=1S/C12H20N4O2/c1-16(7-8-18-2)6-5-14-10-3-4-15-11(9-10)12(13)17/h3-4,9H,5-8H2,1-2H3,(H2,13,17)(H,14,15). The largest absolute Gasteiger partial charge is 0.384 e. The predicted molar refractivity (Wildman–Crippen MR) is 70.6 cm³/mol. The van der Waals surface area contributed by atoms with Gasteiger partial charge in [-0.05, 0) is 19.2 Å². The van der Waals surface area contributed by atoms with Gasteiger partial charge in [-0.3, -0.25) is 9.78 Å². The topological polar surface area (TPSA) is 80.5 Å². The first-order valence-corrected chi connectivity index (χ1v) is 5.80. The number of aromatic nitrogens is 1. The number of carbonyl (C=O) groups excluding carboxylic acids is 1. The van der Waals surface area contributed by atoms with Crippen LogP contribution < -0.4 is 11.1 Å². The average molecular weight is 252 g/mol. The van der Waals surface area contributed by atoms with E-state index in [0.717, 1.165) is 31.9 Å². The Morgan fingerprint density at radius 1 is 1.56 bits per heavy atom. The Morgan fingerprint density at radius 2 is 2.33 bits per heavy atom. The maximum atomic E-state index is 11.0. The summed E-state index contributed by atoms with van der Waals surface area (Å²) in [6.45, 7) is 3.28. The number of hydrogen-bond acceptors (Lipinski definition) is 5. The number of nitrogens with one attached hydrogen (secondary N) is 1. The van der Waals surface area contributed by atoms with Crippen molar-refractivity contribution in [2.45, 2.75) is 0 Å². The third-order valence-corrected chi connectivity index (χ3v) is 2.51. The van der Waals surface area contributed by atoms with Crippen LogP contribution in [0.2, 0.25) is 0 Å². The van der Waals surface area contributed by atoms with Crippen LogP contribution >= 0.6 is 0 Å². The van der Waals surface area contributed by atoms with E-state index in [2.05, 4.69) is 15.2 Å². The summed E-state index contributed by atoms with van der Waals surface area (Å²) in [7, 11) is 3.72. The molecule has 100 valence electrons. The molecule has 0 atom stereocenters. The lowest BCUT2D eigenvalue weighted by molar-refractivity contribution is 0.0995. The van der Waals surface area contributed by atoms with Gasteiger partial charge in [-0.25, -0.2) is 0 Å². The highest BCUT2D eigenvalue weighted by atomic mass is 16.5. The smallest absolute Gasteiger partial charge is 0.267 e. The fraction of sp³-hybridized carbons (Fsp3) is 0.500.